The molecule has 0 aromatic heterocycles. The lowest BCUT2D eigenvalue weighted by Gasteiger charge is -2.13. The Labute approximate surface area is 151 Å². The predicted molar refractivity (Wildman–Crippen MR) is 103 cm³/mol. The molecule has 0 aliphatic heterocycles. The number of anilines is 1. The fourth-order valence-corrected chi connectivity index (χ4v) is 2.70. The number of nitrogens with one attached hydrogen (secondary N) is 1. The lowest BCUT2D eigenvalue weighted by Crippen LogP contribution is -2.02. The Morgan fingerprint density at radius 1 is 0.885 bits per heavy atom. The van der Waals surface area contributed by atoms with E-state index in [4.69, 9.17) is 5.84 Å². The van der Waals surface area contributed by atoms with E-state index in [2.05, 4.69) is 20.6 Å². The van der Waals surface area contributed by atoms with Crippen LogP contribution in [-0.4, -0.2) is 12.9 Å². The van der Waals surface area contributed by atoms with Gasteiger partial charge in [0, 0.05) is 23.9 Å². The van der Waals surface area contributed by atoms with Gasteiger partial charge in [0.2, 0.25) is 0 Å². The Morgan fingerprint density at radius 3 is 2.27 bits per heavy atom. The fourth-order valence-electron chi connectivity index (χ4n) is 2.70. The van der Waals surface area contributed by atoms with Gasteiger partial charge in [-0.3, -0.25) is 0 Å². The minimum atomic E-state index is -0.440. The predicted octanol–water partition coefficient (Wildman–Crippen LogP) is 4.94. The molecule has 0 saturated heterocycles. The lowest BCUT2D eigenvalue weighted by atomic mass is 9.97. The highest BCUT2D eigenvalue weighted by Gasteiger charge is 2.14. The molecule has 3 aromatic rings. The van der Waals surface area contributed by atoms with E-state index in [1.807, 2.05) is 55.6 Å². The number of halogens is 1. The molecule has 5 nitrogen and oxygen atoms in total. The normalized spacial score (nSPS) is 11.7. The fraction of sp³-hybridized carbons (Fsp3) is 0.0500. The molecule has 0 bridgehead atoms. The van der Waals surface area contributed by atoms with Crippen LogP contribution in [0.1, 0.15) is 5.56 Å². The number of hydrogen-bond acceptors (Lipinski definition) is 3. The van der Waals surface area contributed by atoms with E-state index in [-0.39, 0.29) is 11.5 Å². The van der Waals surface area contributed by atoms with Crippen LogP contribution in [0.4, 0.5) is 15.8 Å². The van der Waals surface area contributed by atoms with Gasteiger partial charge in [-0.2, -0.15) is 0 Å². The van der Waals surface area contributed by atoms with Crippen molar-refractivity contribution in [3.05, 3.63) is 84.2 Å². The first-order chi connectivity index (χ1) is 12.7. The van der Waals surface area contributed by atoms with Crippen molar-refractivity contribution in [1.29, 1.82) is 0 Å². The summed E-state index contributed by atoms with van der Waals surface area (Å²) in [7, 11) is 1.86. The number of hydrogen-bond donors (Lipinski definition) is 2. The van der Waals surface area contributed by atoms with Crippen LogP contribution in [0.5, 0.6) is 0 Å². The highest BCUT2D eigenvalue weighted by molar-refractivity contribution is 6.07. The summed E-state index contributed by atoms with van der Waals surface area (Å²) < 4.78 is 14.0. The van der Waals surface area contributed by atoms with Crippen molar-refractivity contribution < 1.29 is 4.39 Å². The first-order valence-electron chi connectivity index (χ1n) is 8.05. The van der Waals surface area contributed by atoms with Crippen LogP contribution in [0.25, 0.3) is 11.1 Å². The van der Waals surface area contributed by atoms with Crippen LogP contribution in [0, 0.1) is 5.82 Å². The summed E-state index contributed by atoms with van der Waals surface area (Å²) in [5.74, 6) is 5.07. The zero-order valence-electron chi connectivity index (χ0n) is 14.2. The summed E-state index contributed by atoms with van der Waals surface area (Å²) in [4.78, 5) is 4.34. The van der Waals surface area contributed by atoms with Crippen molar-refractivity contribution in [2.24, 2.45) is 21.2 Å². The minimum Gasteiger partial charge on any atom is -0.388 e. The van der Waals surface area contributed by atoms with E-state index in [1.165, 1.54) is 6.07 Å². The number of para-hydroxylation sites is 2. The van der Waals surface area contributed by atoms with Crippen LogP contribution >= 0.6 is 0 Å². The summed E-state index contributed by atoms with van der Waals surface area (Å²) in [5, 5.41) is 10.5. The topological polar surface area (TPSA) is 75.1 Å². The number of aliphatic imine (C=N–C) groups is 1. The monoisotopic (exact) mass is 347 g/mol. The molecular formula is C20H18FN5. The first kappa shape index (κ1) is 17.3. The smallest absolute Gasteiger partial charge is 0.184 e. The van der Waals surface area contributed by atoms with Crippen LogP contribution in [0.3, 0.4) is 0 Å². The number of rotatable bonds is 4. The van der Waals surface area contributed by atoms with Crippen LogP contribution in [0.2, 0.25) is 0 Å². The molecule has 0 unspecified atom stereocenters. The summed E-state index contributed by atoms with van der Waals surface area (Å²) in [6.07, 6.45) is 0. The second-order valence-corrected chi connectivity index (χ2v) is 5.44. The third-order valence-corrected chi connectivity index (χ3v) is 3.89. The molecule has 0 saturated carbocycles. The van der Waals surface area contributed by atoms with Gasteiger partial charge in [0.25, 0.3) is 0 Å². The number of benzene rings is 3. The average Bonchev–Trinajstić information content (AvgIpc) is 2.69. The molecule has 0 aliphatic carbocycles. The van der Waals surface area contributed by atoms with Crippen molar-refractivity contribution in [2.45, 2.75) is 0 Å². The molecule has 0 heterocycles. The largest absolute Gasteiger partial charge is 0.388 e. The maximum absolute atomic E-state index is 14.0. The Balaban J connectivity index is 2.20. The zero-order valence-corrected chi connectivity index (χ0v) is 14.2. The second kappa shape index (κ2) is 8.02. The minimum absolute atomic E-state index is 0.173. The third kappa shape index (κ3) is 3.59. The summed E-state index contributed by atoms with van der Waals surface area (Å²) >= 11 is 0. The van der Waals surface area contributed by atoms with Gasteiger partial charge < -0.3 is 11.2 Å². The Hall–Kier alpha value is -3.54. The molecule has 26 heavy (non-hydrogen) atoms. The Bertz CT molecular complexity index is 966. The molecule has 0 radical (unpaired) electrons. The molecular weight excluding hydrogens is 329 g/mol. The van der Waals surface area contributed by atoms with Crippen molar-refractivity contribution in [3.8, 4) is 11.1 Å². The van der Waals surface area contributed by atoms with E-state index in [0.29, 0.717) is 5.56 Å². The molecule has 0 spiro atoms. The van der Waals surface area contributed by atoms with Gasteiger partial charge in [-0.15, -0.1) is 5.11 Å². The summed E-state index contributed by atoms with van der Waals surface area (Å²) in [6.45, 7) is 0. The molecule has 6 heteroatoms. The first-order valence-corrected chi connectivity index (χ1v) is 8.05. The van der Waals surface area contributed by atoms with Gasteiger partial charge in [0.05, 0.1) is 0 Å². The highest BCUT2D eigenvalue weighted by Crippen LogP contribution is 2.31. The standard InChI is InChI=1S/C20H18FN5/c1-23-18-12-6-4-9-15(18)14-8-2-3-10-16(14)20(25-26-22)24-19-13-7-5-11-17(19)21/h2-13,23H,1H3,(H2,22,24,25). The highest BCUT2D eigenvalue weighted by atomic mass is 19.1. The Kier molecular flexibility index (Phi) is 5.34. The summed E-state index contributed by atoms with van der Waals surface area (Å²) in [5.41, 5.74) is 3.69. The van der Waals surface area contributed by atoms with Gasteiger partial charge in [0.15, 0.2) is 5.84 Å². The van der Waals surface area contributed by atoms with E-state index in [9.17, 15) is 4.39 Å². The average molecular weight is 347 g/mol. The molecule has 3 rings (SSSR count). The maximum atomic E-state index is 14.0. The third-order valence-electron chi connectivity index (χ3n) is 3.89. The van der Waals surface area contributed by atoms with Crippen molar-refractivity contribution in [3.63, 3.8) is 0 Å². The van der Waals surface area contributed by atoms with Crippen molar-refractivity contribution in [1.82, 2.24) is 0 Å². The van der Waals surface area contributed by atoms with E-state index in [0.717, 1.165) is 16.8 Å². The van der Waals surface area contributed by atoms with Crippen LogP contribution in [-0.2, 0) is 0 Å². The van der Waals surface area contributed by atoms with E-state index in [1.54, 1.807) is 18.2 Å². The lowest BCUT2D eigenvalue weighted by molar-refractivity contribution is 0.630. The summed E-state index contributed by atoms with van der Waals surface area (Å²) in [6, 6.07) is 21.7. The maximum Gasteiger partial charge on any atom is 0.184 e. The number of amidine groups is 1. The van der Waals surface area contributed by atoms with Gasteiger partial charge in [0.1, 0.15) is 11.5 Å². The molecule has 130 valence electrons. The van der Waals surface area contributed by atoms with E-state index >= 15 is 0 Å². The number of nitrogens with two attached hydrogens (primary N) is 1. The molecule has 3 aromatic carbocycles. The second-order valence-electron chi connectivity index (χ2n) is 5.44. The molecule has 3 N–H and O–H groups in total. The Morgan fingerprint density at radius 2 is 1.54 bits per heavy atom. The zero-order chi connectivity index (χ0) is 18.4. The van der Waals surface area contributed by atoms with Gasteiger partial charge in [-0.25, -0.2) is 9.38 Å². The van der Waals surface area contributed by atoms with Gasteiger partial charge in [-0.05, 0) is 23.8 Å². The van der Waals surface area contributed by atoms with E-state index < -0.39 is 5.82 Å². The molecule has 0 amide bonds. The van der Waals surface area contributed by atoms with Gasteiger partial charge in [-0.1, -0.05) is 59.8 Å². The molecule has 0 aliphatic rings. The van der Waals surface area contributed by atoms with Gasteiger partial charge >= 0.3 is 0 Å². The SMILES string of the molecule is CNc1ccccc1-c1ccccc1C(N=NN)=Nc1ccccc1F. The van der Waals surface area contributed by atoms with Crippen LogP contribution < -0.4 is 11.2 Å². The van der Waals surface area contributed by atoms with Crippen molar-refractivity contribution >= 4 is 17.2 Å². The van der Waals surface area contributed by atoms with Crippen molar-refractivity contribution in [2.75, 3.05) is 12.4 Å². The number of nitrogens with zero attached hydrogens (tertiary/aromatic N) is 3. The quantitative estimate of drug-likeness (QED) is 0.231. The molecule has 0 atom stereocenters. The molecule has 0 fully saturated rings. The van der Waals surface area contributed by atoms with Crippen LogP contribution in [0.15, 0.2) is 88.1 Å².